The molecule has 0 radical (unpaired) electrons. The molecule has 0 saturated heterocycles. The van der Waals surface area contributed by atoms with Gasteiger partial charge in [0.1, 0.15) is 5.69 Å². The number of benzene rings is 1. The first-order valence-electron chi connectivity index (χ1n) is 6.64. The summed E-state index contributed by atoms with van der Waals surface area (Å²) in [6.07, 6.45) is 0. The Labute approximate surface area is 121 Å². The number of carbonyl (C=O) groups excluding carboxylic acids is 1. The maximum absolute atomic E-state index is 12.5. The van der Waals surface area contributed by atoms with Gasteiger partial charge in [-0.2, -0.15) is 0 Å². The molecule has 2 aromatic heterocycles. The molecule has 1 N–H and O–H groups in total. The molecule has 0 atom stereocenters. The minimum atomic E-state index is -0.0513. The molecule has 0 aliphatic rings. The molecule has 2 heterocycles. The lowest BCUT2D eigenvalue weighted by Gasteiger charge is -2.10. The van der Waals surface area contributed by atoms with Gasteiger partial charge in [-0.15, -0.1) is 11.3 Å². The number of thiophene rings is 1. The van der Waals surface area contributed by atoms with Crippen molar-refractivity contribution in [1.82, 2.24) is 4.57 Å². The highest BCUT2D eigenvalue weighted by molar-refractivity contribution is 7.17. The first kappa shape index (κ1) is 12.9. The van der Waals surface area contributed by atoms with Crippen LogP contribution in [0.2, 0.25) is 0 Å². The lowest BCUT2D eigenvalue weighted by atomic mass is 10.2. The third-order valence-electron chi connectivity index (χ3n) is 3.46. The normalized spacial score (nSPS) is 10.9. The summed E-state index contributed by atoms with van der Waals surface area (Å²) >= 11 is 1.66. The highest BCUT2D eigenvalue weighted by Gasteiger charge is 2.15. The van der Waals surface area contributed by atoms with E-state index in [0.717, 1.165) is 33.7 Å². The Bertz CT molecular complexity index is 770. The maximum atomic E-state index is 12.5. The first-order chi connectivity index (χ1) is 9.70. The third kappa shape index (κ3) is 2.12. The van der Waals surface area contributed by atoms with Gasteiger partial charge in [-0.1, -0.05) is 18.2 Å². The van der Waals surface area contributed by atoms with Crippen molar-refractivity contribution in [2.24, 2.45) is 0 Å². The second kappa shape index (κ2) is 5.13. The van der Waals surface area contributed by atoms with Crippen molar-refractivity contribution < 1.29 is 4.79 Å². The molecular formula is C16H16N2OS. The van der Waals surface area contributed by atoms with Crippen molar-refractivity contribution in [3.05, 3.63) is 53.0 Å². The van der Waals surface area contributed by atoms with Crippen LogP contribution in [0.25, 0.3) is 10.2 Å². The van der Waals surface area contributed by atoms with Crippen LogP contribution in [0.3, 0.4) is 0 Å². The smallest absolute Gasteiger partial charge is 0.272 e. The third-order valence-corrected chi connectivity index (χ3v) is 4.32. The molecule has 0 aliphatic heterocycles. The van der Waals surface area contributed by atoms with E-state index in [1.807, 2.05) is 37.3 Å². The fourth-order valence-electron chi connectivity index (χ4n) is 2.41. The Morgan fingerprint density at radius 2 is 2.10 bits per heavy atom. The summed E-state index contributed by atoms with van der Waals surface area (Å²) in [4.78, 5) is 12.5. The lowest BCUT2D eigenvalue weighted by Crippen LogP contribution is -2.17. The van der Waals surface area contributed by atoms with Crippen LogP contribution >= 0.6 is 11.3 Å². The number of anilines is 1. The SMILES string of the molecule is CCn1c(C(=O)Nc2ccccc2C)cc2sccc21. The van der Waals surface area contributed by atoms with E-state index in [2.05, 4.69) is 28.3 Å². The second-order valence-electron chi connectivity index (χ2n) is 4.71. The molecular weight excluding hydrogens is 268 g/mol. The van der Waals surface area contributed by atoms with Gasteiger partial charge < -0.3 is 9.88 Å². The predicted molar refractivity (Wildman–Crippen MR) is 84.6 cm³/mol. The highest BCUT2D eigenvalue weighted by atomic mass is 32.1. The summed E-state index contributed by atoms with van der Waals surface area (Å²) in [6, 6.07) is 11.8. The van der Waals surface area contributed by atoms with Gasteiger partial charge in [0.2, 0.25) is 0 Å². The number of nitrogens with one attached hydrogen (secondary N) is 1. The molecule has 1 amide bonds. The number of amides is 1. The van der Waals surface area contributed by atoms with Crippen molar-refractivity contribution in [2.45, 2.75) is 20.4 Å². The van der Waals surface area contributed by atoms with E-state index in [-0.39, 0.29) is 5.91 Å². The molecule has 102 valence electrons. The Morgan fingerprint density at radius 3 is 2.85 bits per heavy atom. The Hall–Kier alpha value is -2.07. The summed E-state index contributed by atoms with van der Waals surface area (Å²) in [5.41, 5.74) is 3.78. The standard InChI is InChI=1S/C16H16N2OS/c1-3-18-13-8-9-20-15(13)10-14(18)16(19)17-12-7-5-4-6-11(12)2/h4-10H,3H2,1-2H3,(H,17,19). The molecule has 3 nitrogen and oxygen atoms in total. The molecule has 3 aromatic rings. The van der Waals surface area contributed by atoms with Gasteiger partial charge in [-0.3, -0.25) is 4.79 Å². The molecule has 0 aliphatic carbocycles. The number of hydrogen-bond donors (Lipinski definition) is 1. The van der Waals surface area contributed by atoms with Gasteiger partial charge in [0.25, 0.3) is 5.91 Å². The average Bonchev–Trinajstić information content (AvgIpc) is 3.01. The molecule has 20 heavy (non-hydrogen) atoms. The van der Waals surface area contributed by atoms with E-state index in [1.165, 1.54) is 0 Å². The monoisotopic (exact) mass is 284 g/mol. The Kier molecular flexibility index (Phi) is 3.32. The summed E-state index contributed by atoms with van der Waals surface area (Å²) in [7, 11) is 0. The average molecular weight is 284 g/mol. The van der Waals surface area contributed by atoms with Crippen LogP contribution in [0.5, 0.6) is 0 Å². The zero-order valence-corrected chi connectivity index (χ0v) is 12.3. The molecule has 0 fully saturated rings. The van der Waals surface area contributed by atoms with Gasteiger partial charge in [-0.05, 0) is 43.0 Å². The number of aryl methyl sites for hydroxylation is 2. The second-order valence-corrected chi connectivity index (χ2v) is 5.66. The number of para-hydroxylation sites is 1. The van der Waals surface area contributed by atoms with E-state index in [0.29, 0.717) is 0 Å². The molecule has 0 unspecified atom stereocenters. The zero-order valence-electron chi connectivity index (χ0n) is 11.5. The number of hydrogen-bond acceptors (Lipinski definition) is 2. The first-order valence-corrected chi connectivity index (χ1v) is 7.52. The number of aromatic nitrogens is 1. The van der Waals surface area contributed by atoms with Crippen LogP contribution in [-0.4, -0.2) is 10.5 Å². The topological polar surface area (TPSA) is 34.0 Å². The minimum Gasteiger partial charge on any atom is -0.336 e. The summed E-state index contributed by atoms with van der Waals surface area (Å²) < 4.78 is 3.21. The largest absolute Gasteiger partial charge is 0.336 e. The van der Waals surface area contributed by atoms with Crippen LogP contribution in [0.1, 0.15) is 23.0 Å². The lowest BCUT2D eigenvalue weighted by molar-refractivity contribution is 0.101. The fourth-order valence-corrected chi connectivity index (χ4v) is 3.23. The van der Waals surface area contributed by atoms with Gasteiger partial charge >= 0.3 is 0 Å². The zero-order chi connectivity index (χ0) is 14.1. The van der Waals surface area contributed by atoms with E-state index in [4.69, 9.17) is 0 Å². The Balaban J connectivity index is 1.96. The van der Waals surface area contributed by atoms with Gasteiger partial charge in [0.15, 0.2) is 0 Å². The van der Waals surface area contributed by atoms with Crippen LogP contribution in [0.4, 0.5) is 5.69 Å². The van der Waals surface area contributed by atoms with E-state index in [1.54, 1.807) is 11.3 Å². The summed E-state index contributed by atoms with van der Waals surface area (Å²) in [5, 5.41) is 5.05. The van der Waals surface area contributed by atoms with Gasteiger partial charge in [0.05, 0.1) is 10.2 Å². The summed E-state index contributed by atoms with van der Waals surface area (Å²) in [6.45, 7) is 4.84. The molecule has 0 bridgehead atoms. The predicted octanol–water partition coefficient (Wildman–Crippen LogP) is 4.28. The number of rotatable bonds is 3. The van der Waals surface area contributed by atoms with E-state index < -0.39 is 0 Å². The molecule has 4 heteroatoms. The molecule has 1 aromatic carbocycles. The molecule has 3 rings (SSSR count). The van der Waals surface area contributed by atoms with Crippen LogP contribution < -0.4 is 5.32 Å². The fraction of sp³-hybridized carbons (Fsp3) is 0.188. The van der Waals surface area contributed by atoms with Crippen LogP contribution in [-0.2, 0) is 6.54 Å². The van der Waals surface area contributed by atoms with Crippen LogP contribution in [0, 0.1) is 6.92 Å². The molecule has 0 spiro atoms. The maximum Gasteiger partial charge on any atom is 0.272 e. The van der Waals surface area contributed by atoms with Crippen molar-refractivity contribution >= 4 is 33.1 Å². The number of nitrogens with zero attached hydrogens (tertiary/aromatic N) is 1. The summed E-state index contributed by atoms with van der Waals surface area (Å²) in [5.74, 6) is -0.0513. The van der Waals surface area contributed by atoms with Crippen molar-refractivity contribution in [2.75, 3.05) is 5.32 Å². The Morgan fingerprint density at radius 1 is 1.30 bits per heavy atom. The van der Waals surface area contributed by atoms with E-state index in [9.17, 15) is 4.79 Å². The van der Waals surface area contributed by atoms with Crippen LogP contribution in [0.15, 0.2) is 41.8 Å². The van der Waals surface area contributed by atoms with Crippen molar-refractivity contribution in [3.63, 3.8) is 0 Å². The van der Waals surface area contributed by atoms with Crippen molar-refractivity contribution in [3.8, 4) is 0 Å². The van der Waals surface area contributed by atoms with E-state index >= 15 is 0 Å². The minimum absolute atomic E-state index is 0.0513. The quantitative estimate of drug-likeness (QED) is 0.765. The van der Waals surface area contributed by atoms with Gasteiger partial charge in [-0.25, -0.2) is 0 Å². The van der Waals surface area contributed by atoms with Crippen molar-refractivity contribution in [1.29, 1.82) is 0 Å². The number of fused-ring (bicyclic) bond motifs is 1. The highest BCUT2D eigenvalue weighted by Crippen LogP contribution is 2.26. The number of carbonyl (C=O) groups is 1. The molecule has 0 saturated carbocycles. The van der Waals surface area contributed by atoms with Gasteiger partial charge in [0, 0.05) is 12.2 Å².